The Hall–Kier alpha value is -6.50. The zero-order chi connectivity index (χ0) is 38.3. The number of anilines is 6. The molecule has 0 amide bonds. The van der Waals surface area contributed by atoms with E-state index in [9.17, 15) is 0 Å². The Kier molecular flexibility index (Phi) is 9.11. The van der Waals surface area contributed by atoms with Gasteiger partial charge in [0.1, 0.15) is 19.5 Å². The van der Waals surface area contributed by atoms with Crippen LogP contribution in [0, 0.1) is 0 Å². The molecular formula is C52H36N2S2Si. The van der Waals surface area contributed by atoms with E-state index >= 15 is 0 Å². The Labute approximate surface area is 343 Å². The summed E-state index contributed by atoms with van der Waals surface area (Å²) in [5.41, 5.74) is 6.81. The number of hydrogen-bond acceptors (Lipinski definition) is 4. The average Bonchev–Trinajstić information content (AvgIpc) is 3.88. The summed E-state index contributed by atoms with van der Waals surface area (Å²) in [7, 11) is 0.536. The van der Waals surface area contributed by atoms with E-state index in [-0.39, 0.29) is 0 Å². The summed E-state index contributed by atoms with van der Waals surface area (Å²) in [4.78, 5) is 4.80. The van der Waals surface area contributed by atoms with Gasteiger partial charge < -0.3 is 9.80 Å². The lowest BCUT2D eigenvalue weighted by Gasteiger charge is -2.25. The SMILES string of the molecule is C=Cc1ccc(N(c2cc3cc([Si]c4ccc5sc(N(c6ccc(C=C)cc6)c6cccc7ccccc67)cc5c4)ccc3s2)c2cccc3ccccc23)cc1. The Balaban J connectivity index is 0.996. The Morgan fingerprint density at radius 3 is 1.26 bits per heavy atom. The molecule has 2 aromatic heterocycles. The van der Waals surface area contributed by atoms with Crippen LogP contribution < -0.4 is 20.2 Å². The van der Waals surface area contributed by atoms with Crippen LogP contribution in [0.2, 0.25) is 0 Å². The minimum Gasteiger partial charge on any atom is -0.301 e. The van der Waals surface area contributed by atoms with Crippen molar-refractivity contribution in [3.8, 4) is 0 Å². The highest BCUT2D eigenvalue weighted by Crippen LogP contribution is 2.45. The molecule has 2 radical (unpaired) electrons. The number of fused-ring (bicyclic) bond motifs is 4. The summed E-state index contributed by atoms with van der Waals surface area (Å²) in [5, 5.41) is 12.5. The van der Waals surface area contributed by atoms with Crippen LogP contribution in [0.3, 0.4) is 0 Å². The molecule has 0 spiro atoms. The molecule has 2 heterocycles. The van der Waals surface area contributed by atoms with E-state index in [0.29, 0.717) is 9.52 Å². The van der Waals surface area contributed by atoms with Gasteiger partial charge in [0.05, 0.1) is 11.4 Å². The van der Waals surface area contributed by atoms with Crippen molar-refractivity contribution in [3.63, 3.8) is 0 Å². The summed E-state index contributed by atoms with van der Waals surface area (Å²) in [6, 6.07) is 66.5. The summed E-state index contributed by atoms with van der Waals surface area (Å²) >= 11 is 3.67. The van der Waals surface area contributed by atoms with Gasteiger partial charge in [0.25, 0.3) is 0 Å². The first kappa shape index (κ1) is 34.9. The van der Waals surface area contributed by atoms with Gasteiger partial charge in [-0.05, 0) is 93.3 Å². The van der Waals surface area contributed by atoms with Gasteiger partial charge in [-0.15, -0.1) is 22.7 Å². The minimum atomic E-state index is 0.536. The normalized spacial score (nSPS) is 11.4. The predicted octanol–water partition coefficient (Wildman–Crippen LogP) is 14.3. The molecule has 270 valence electrons. The van der Waals surface area contributed by atoms with Crippen LogP contribution in [0.4, 0.5) is 32.8 Å². The molecule has 10 aromatic rings. The van der Waals surface area contributed by atoms with Crippen molar-refractivity contribution in [1.29, 1.82) is 0 Å². The van der Waals surface area contributed by atoms with Gasteiger partial charge in [0.15, 0.2) is 0 Å². The van der Waals surface area contributed by atoms with Crippen molar-refractivity contribution < 1.29 is 0 Å². The van der Waals surface area contributed by atoms with Crippen molar-refractivity contribution in [3.05, 3.63) is 206 Å². The molecule has 8 aromatic carbocycles. The van der Waals surface area contributed by atoms with Crippen molar-refractivity contribution >= 4 is 129 Å². The van der Waals surface area contributed by atoms with E-state index in [4.69, 9.17) is 0 Å². The number of hydrogen-bond donors (Lipinski definition) is 0. The van der Waals surface area contributed by atoms with Gasteiger partial charge in [-0.2, -0.15) is 0 Å². The third-order valence-corrected chi connectivity index (χ3v) is 13.9. The molecule has 10 rings (SSSR count). The monoisotopic (exact) mass is 780 g/mol. The fourth-order valence-electron chi connectivity index (χ4n) is 7.70. The third-order valence-electron chi connectivity index (χ3n) is 10.5. The van der Waals surface area contributed by atoms with E-state index in [1.165, 1.54) is 73.5 Å². The highest BCUT2D eigenvalue weighted by atomic mass is 32.1. The van der Waals surface area contributed by atoms with E-state index in [2.05, 4.69) is 205 Å². The predicted molar refractivity (Wildman–Crippen MR) is 253 cm³/mol. The van der Waals surface area contributed by atoms with Gasteiger partial charge in [-0.1, -0.05) is 157 Å². The Morgan fingerprint density at radius 1 is 0.404 bits per heavy atom. The smallest absolute Gasteiger partial charge is 0.121 e. The van der Waals surface area contributed by atoms with Crippen molar-refractivity contribution in [2.45, 2.75) is 0 Å². The summed E-state index contributed by atoms with van der Waals surface area (Å²) in [5.74, 6) is 0. The van der Waals surface area contributed by atoms with E-state index in [1.54, 1.807) is 0 Å². The standard InChI is InChI=1S/C52H36N2S2Si/c1-3-35-19-23-41(24-20-35)53(47-17-9-13-37-11-5-7-15-45(37)47)51-33-39-31-43(27-29-49(39)55-51)57-44-28-30-50-40(32-44)34-52(56-50)54(42-25-21-36(4-2)22-26-42)48-18-10-14-38-12-6-8-16-46(38)48/h3-34H,1-2H2. The van der Waals surface area contributed by atoms with Crippen LogP contribution in [0.15, 0.2) is 195 Å². The molecule has 0 aliphatic rings. The van der Waals surface area contributed by atoms with Gasteiger partial charge in [0.2, 0.25) is 0 Å². The fraction of sp³-hybridized carbons (Fsp3) is 0. The topological polar surface area (TPSA) is 6.48 Å². The summed E-state index contributed by atoms with van der Waals surface area (Å²) in [6.07, 6.45) is 3.79. The molecule has 0 atom stereocenters. The molecule has 0 N–H and O–H groups in total. The molecule has 0 saturated heterocycles. The Morgan fingerprint density at radius 2 is 0.825 bits per heavy atom. The number of rotatable bonds is 10. The molecule has 5 heteroatoms. The van der Waals surface area contributed by atoms with Crippen LogP contribution in [0.1, 0.15) is 11.1 Å². The van der Waals surface area contributed by atoms with Crippen LogP contribution >= 0.6 is 22.7 Å². The highest BCUT2D eigenvalue weighted by Gasteiger charge is 2.20. The first-order valence-corrected chi connectivity index (χ1v) is 21.6. The lowest BCUT2D eigenvalue weighted by atomic mass is 10.1. The van der Waals surface area contributed by atoms with Gasteiger partial charge >= 0.3 is 0 Å². The average molecular weight is 781 g/mol. The summed E-state index contributed by atoms with van der Waals surface area (Å²) < 4.78 is 2.55. The largest absolute Gasteiger partial charge is 0.301 e. The molecule has 0 aliphatic heterocycles. The van der Waals surface area contributed by atoms with Crippen LogP contribution in [0.5, 0.6) is 0 Å². The first-order valence-electron chi connectivity index (χ1n) is 19.0. The first-order chi connectivity index (χ1) is 28.1. The van der Waals surface area contributed by atoms with Crippen LogP contribution in [0.25, 0.3) is 53.9 Å². The second-order valence-corrected chi connectivity index (χ2v) is 17.6. The van der Waals surface area contributed by atoms with E-state index in [1.807, 2.05) is 34.8 Å². The maximum absolute atomic E-state index is 3.97. The maximum atomic E-state index is 3.97. The van der Waals surface area contributed by atoms with Gasteiger partial charge in [-0.25, -0.2) is 0 Å². The highest BCUT2D eigenvalue weighted by molar-refractivity contribution is 7.23. The zero-order valence-corrected chi connectivity index (χ0v) is 33.7. The van der Waals surface area contributed by atoms with Gasteiger partial charge in [0, 0.05) is 31.5 Å². The second-order valence-electron chi connectivity index (χ2n) is 14.1. The maximum Gasteiger partial charge on any atom is 0.121 e. The molecule has 2 nitrogen and oxygen atoms in total. The zero-order valence-electron chi connectivity index (χ0n) is 31.1. The molecule has 0 saturated carbocycles. The Bertz CT molecular complexity index is 2880. The van der Waals surface area contributed by atoms with Crippen molar-refractivity contribution in [2.24, 2.45) is 0 Å². The summed E-state index contributed by atoms with van der Waals surface area (Å²) in [6.45, 7) is 7.95. The number of benzene rings is 8. The molecule has 0 bridgehead atoms. The third kappa shape index (κ3) is 6.66. The molecule has 0 fully saturated rings. The minimum absolute atomic E-state index is 0.536. The molecular weight excluding hydrogens is 745 g/mol. The van der Waals surface area contributed by atoms with Crippen molar-refractivity contribution in [2.75, 3.05) is 9.80 Å². The van der Waals surface area contributed by atoms with Gasteiger partial charge in [-0.3, -0.25) is 0 Å². The van der Waals surface area contributed by atoms with Crippen LogP contribution in [-0.4, -0.2) is 9.52 Å². The van der Waals surface area contributed by atoms with E-state index < -0.39 is 0 Å². The molecule has 0 aliphatic carbocycles. The fourth-order valence-corrected chi connectivity index (χ4v) is 11.0. The van der Waals surface area contributed by atoms with Crippen molar-refractivity contribution in [1.82, 2.24) is 0 Å². The molecule has 57 heavy (non-hydrogen) atoms. The lowest BCUT2D eigenvalue weighted by Crippen LogP contribution is -2.26. The lowest BCUT2D eigenvalue weighted by molar-refractivity contribution is 1.33. The van der Waals surface area contributed by atoms with E-state index in [0.717, 1.165) is 22.5 Å². The number of nitrogens with zero attached hydrogens (tertiary/aromatic N) is 2. The van der Waals surface area contributed by atoms with Crippen LogP contribution in [-0.2, 0) is 0 Å². The second kappa shape index (κ2) is 14.9. The quantitative estimate of drug-likeness (QED) is 0.128. The molecule has 0 unspecified atom stereocenters. The number of thiophene rings is 2.